The standard InChI is InChI=1S/C18H14ClN3O3/c19-14-8-4-3-7-13(14)15-10-16(22-21-15)20-17(23)9-11-5-1-2-6-12(11)18(24)25/h1-8,10H,9H2,(H,24,25)(H2,20,21,22,23). The van der Waals surface area contributed by atoms with Crippen molar-refractivity contribution < 1.29 is 14.7 Å². The van der Waals surface area contributed by atoms with Crippen molar-refractivity contribution in [3.05, 3.63) is 70.7 Å². The second kappa shape index (κ2) is 7.19. The minimum Gasteiger partial charge on any atom is -0.478 e. The van der Waals surface area contributed by atoms with Gasteiger partial charge in [0, 0.05) is 16.7 Å². The summed E-state index contributed by atoms with van der Waals surface area (Å²) in [6, 6.07) is 15.3. The van der Waals surface area contributed by atoms with E-state index in [1.165, 1.54) is 6.07 Å². The predicted octanol–water partition coefficient (Wildman–Crippen LogP) is 3.61. The minimum absolute atomic E-state index is 0.0588. The predicted molar refractivity (Wildman–Crippen MR) is 94.8 cm³/mol. The van der Waals surface area contributed by atoms with Crippen molar-refractivity contribution >= 4 is 29.3 Å². The lowest BCUT2D eigenvalue weighted by atomic mass is 10.0. The number of carbonyl (C=O) groups excluding carboxylic acids is 1. The number of carboxylic acids is 1. The molecule has 0 aliphatic heterocycles. The first kappa shape index (κ1) is 16.7. The molecule has 0 saturated heterocycles. The third-order valence-corrected chi connectivity index (χ3v) is 3.94. The van der Waals surface area contributed by atoms with Crippen molar-refractivity contribution in [2.24, 2.45) is 0 Å². The Morgan fingerprint density at radius 3 is 2.60 bits per heavy atom. The van der Waals surface area contributed by atoms with Crippen LogP contribution < -0.4 is 5.32 Å². The van der Waals surface area contributed by atoms with Gasteiger partial charge in [-0.1, -0.05) is 48.0 Å². The number of aromatic carboxylic acids is 1. The van der Waals surface area contributed by atoms with E-state index in [9.17, 15) is 9.59 Å². The summed E-state index contributed by atoms with van der Waals surface area (Å²) in [5, 5.41) is 19.2. The van der Waals surface area contributed by atoms with Gasteiger partial charge >= 0.3 is 5.97 Å². The van der Waals surface area contributed by atoms with Crippen LogP contribution in [-0.4, -0.2) is 27.2 Å². The van der Waals surface area contributed by atoms with Crippen LogP contribution in [0, 0.1) is 0 Å². The molecule has 2 aromatic carbocycles. The number of H-pyrrole nitrogens is 1. The summed E-state index contributed by atoms with van der Waals surface area (Å²) >= 11 is 6.14. The van der Waals surface area contributed by atoms with E-state index >= 15 is 0 Å². The van der Waals surface area contributed by atoms with Gasteiger partial charge in [0.25, 0.3) is 0 Å². The highest BCUT2D eigenvalue weighted by Crippen LogP contribution is 2.27. The topological polar surface area (TPSA) is 95.1 Å². The second-order valence-electron chi connectivity index (χ2n) is 5.33. The summed E-state index contributed by atoms with van der Waals surface area (Å²) in [5.74, 6) is -1.08. The number of carboxylic acid groups (broad SMARTS) is 1. The SMILES string of the molecule is O=C(Cc1ccccc1C(=O)O)Nc1cc(-c2ccccc2Cl)[nH]n1. The van der Waals surface area contributed by atoms with E-state index in [0.717, 1.165) is 5.56 Å². The monoisotopic (exact) mass is 355 g/mol. The molecule has 0 unspecified atom stereocenters. The van der Waals surface area contributed by atoms with Gasteiger partial charge in [-0.15, -0.1) is 0 Å². The van der Waals surface area contributed by atoms with Crippen LogP contribution in [0.5, 0.6) is 0 Å². The molecule has 3 aromatic rings. The number of hydrogen-bond acceptors (Lipinski definition) is 3. The molecular weight excluding hydrogens is 342 g/mol. The average molecular weight is 356 g/mol. The highest BCUT2D eigenvalue weighted by atomic mass is 35.5. The molecule has 25 heavy (non-hydrogen) atoms. The maximum Gasteiger partial charge on any atom is 0.335 e. The Kier molecular flexibility index (Phi) is 4.81. The molecule has 1 amide bonds. The van der Waals surface area contributed by atoms with Crippen LogP contribution in [0.25, 0.3) is 11.3 Å². The zero-order chi connectivity index (χ0) is 17.8. The number of anilines is 1. The molecule has 0 fully saturated rings. The van der Waals surface area contributed by atoms with Gasteiger partial charge < -0.3 is 10.4 Å². The number of amides is 1. The smallest absolute Gasteiger partial charge is 0.335 e. The molecule has 0 radical (unpaired) electrons. The van der Waals surface area contributed by atoms with Gasteiger partial charge in [0.05, 0.1) is 17.7 Å². The van der Waals surface area contributed by atoms with Crippen molar-refractivity contribution in [3.8, 4) is 11.3 Å². The second-order valence-corrected chi connectivity index (χ2v) is 5.74. The average Bonchev–Trinajstić information content (AvgIpc) is 3.03. The maximum atomic E-state index is 12.2. The Hall–Kier alpha value is -3.12. The Morgan fingerprint density at radius 2 is 1.84 bits per heavy atom. The molecule has 1 heterocycles. The fraction of sp³-hybridized carbons (Fsp3) is 0.0556. The third-order valence-electron chi connectivity index (χ3n) is 3.61. The molecule has 0 spiro atoms. The first-order valence-electron chi connectivity index (χ1n) is 7.46. The van der Waals surface area contributed by atoms with Gasteiger partial charge in [-0.25, -0.2) is 4.79 Å². The molecule has 126 valence electrons. The number of benzene rings is 2. The lowest BCUT2D eigenvalue weighted by Crippen LogP contribution is -2.16. The molecule has 0 aliphatic carbocycles. The molecule has 6 nitrogen and oxygen atoms in total. The van der Waals surface area contributed by atoms with Gasteiger partial charge in [0.1, 0.15) is 0 Å². The van der Waals surface area contributed by atoms with E-state index in [4.69, 9.17) is 16.7 Å². The number of hydrogen-bond donors (Lipinski definition) is 3. The number of aromatic nitrogens is 2. The number of aromatic amines is 1. The highest BCUT2D eigenvalue weighted by molar-refractivity contribution is 6.33. The van der Waals surface area contributed by atoms with Crippen LogP contribution in [0.3, 0.4) is 0 Å². The van der Waals surface area contributed by atoms with E-state index in [1.807, 2.05) is 18.2 Å². The molecule has 0 aliphatic rings. The summed E-state index contributed by atoms with van der Waals surface area (Å²) < 4.78 is 0. The van der Waals surface area contributed by atoms with Crippen molar-refractivity contribution in [1.82, 2.24) is 10.2 Å². The van der Waals surface area contributed by atoms with Crippen LogP contribution in [0.2, 0.25) is 5.02 Å². The maximum absolute atomic E-state index is 12.2. The van der Waals surface area contributed by atoms with Crippen molar-refractivity contribution in [3.63, 3.8) is 0 Å². The molecule has 3 rings (SSSR count). The minimum atomic E-state index is -1.07. The third kappa shape index (κ3) is 3.87. The van der Waals surface area contributed by atoms with Gasteiger partial charge in [0.2, 0.25) is 5.91 Å². The number of rotatable bonds is 5. The number of nitrogens with one attached hydrogen (secondary N) is 2. The number of nitrogens with zero attached hydrogens (tertiary/aromatic N) is 1. The highest BCUT2D eigenvalue weighted by Gasteiger charge is 2.14. The fourth-order valence-electron chi connectivity index (χ4n) is 2.45. The van der Waals surface area contributed by atoms with Crippen LogP contribution in [0.15, 0.2) is 54.6 Å². The van der Waals surface area contributed by atoms with Gasteiger partial charge in [0.15, 0.2) is 5.82 Å². The Morgan fingerprint density at radius 1 is 1.12 bits per heavy atom. The van der Waals surface area contributed by atoms with Gasteiger partial charge in [-0.05, 0) is 17.7 Å². The number of carbonyl (C=O) groups is 2. The van der Waals surface area contributed by atoms with E-state index in [0.29, 0.717) is 22.1 Å². The Labute approximate surface area is 148 Å². The van der Waals surface area contributed by atoms with Crippen molar-refractivity contribution in [2.45, 2.75) is 6.42 Å². The summed E-state index contributed by atoms with van der Waals surface area (Å²) in [6.45, 7) is 0. The quantitative estimate of drug-likeness (QED) is 0.651. The lowest BCUT2D eigenvalue weighted by Gasteiger charge is -2.05. The van der Waals surface area contributed by atoms with Crippen LogP contribution in [0.1, 0.15) is 15.9 Å². The first-order chi connectivity index (χ1) is 12.0. The van der Waals surface area contributed by atoms with Gasteiger partial charge in [-0.2, -0.15) is 5.10 Å². The summed E-state index contributed by atoms with van der Waals surface area (Å²) in [5.41, 5.74) is 1.99. The Balaban J connectivity index is 1.73. The fourth-order valence-corrected chi connectivity index (χ4v) is 2.68. The molecule has 1 aromatic heterocycles. The first-order valence-corrected chi connectivity index (χ1v) is 7.84. The zero-order valence-electron chi connectivity index (χ0n) is 13.0. The molecule has 0 atom stereocenters. The summed E-state index contributed by atoms with van der Waals surface area (Å²) in [7, 11) is 0. The lowest BCUT2D eigenvalue weighted by molar-refractivity contribution is -0.115. The molecular formula is C18H14ClN3O3. The summed E-state index contributed by atoms with van der Waals surface area (Å²) in [6.07, 6.45) is -0.0588. The molecule has 0 bridgehead atoms. The molecule has 0 saturated carbocycles. The van der Waals surface area contributed by atoms with Crippen LogP contribution in [-0.2, 0) is 11.2 Å². The van der Waals surface area contributed by atoms with Crippen molar-refractivity contribution in [1.29, 1.82) is 0 Å². The Bertz CT molecular complexity index is 937. The number of halogens is 1. The molecule has 3 N–H and O–H groups in total. The normalized spacial score (nSPS) is 10.4. The van der Waals surface area contributed by atoms with E-state index in [1.54, 1.807) is 30.3 Å². The van der Waals surface area contributed by atoms with E-state index < -0.39 is 5.97 Å². The van der Waals surface area contributed by atoms with E-state index in [2.05, 4.69) is 15.5 Å². The largest absolute Gasteiger partial charge is 0.478 e. The van der Waals surface area contributed by atoms with E-state index in [-0.39, 0.29) is 17.9 Å². The molecule has 7 heteroatoms. The van der Waals surface area contributed by atoms with Crippen molar-refractivity contribution in [2.75, 3.05) is 5.32 Å². The van der Waals surface area contributed by atoms with Crippen LogP contribution in [0.4, 0.5) is 5.82 Å². The summed E-state index contributed by atoms with van der Waals surface area (Å²) in [4.78, 5) is 23.4. The van der Waals surface area contributed by atoms with Gasteiger partial charge in [-0.3, -0.25) is 9.89 Å². The zero-order valence-corrected chi connectivity index (χ0v) is 13.7. The van der Waals surface area contributed by atoms with Crippen LogP contribution >= 0.6 is 11.6 Å².